The Bertz CT molecular complexity index is 544. The third kappa shape index (κ3) is 35.0. The lowest BCUT2D eigenvalue weighted by molar-refractivity contribution is -0.140. The van der Waals surface area contributed by atoms with Gasteiger partial charge in [-0.15, -0.1) is 0 Å². The van der Waals surface area contributed by atoms with Crippen LogP contribution >= 0.6 is 7.82 Å². The van der Waals surface area contributed by atoms with Gasteiger partial charge in [-0.1, -0.05) is 142 Å². The molecular formula is C30H62NO7P. The van der Waals surface area contributed by atoms with Crippen molar-refractivity contribution in [2.45, 2.75) is 168 Å². The maximum Gasteiger partial charge on any atom is 0.589 e. The molecule has 0 amide bonds. The molecule has 0 bridgehead atoms. The van der Waals surface area contributed by atoms with Crippen LogP contribution in [0.5, 0.6) is 0 Å². The quantitative estimate of drug-likeness (QED) is 0.0650. The van der Waals surface area contributed by atoms with Crippen LogP contribution in [-0.2, 0) is 23.2 Å². The number of phosphoric ester groups is 1. The summed E-state index contributed by atoms with van der Waals surface area (Å²) in [7, 11) is -4.67. The van der Waals surface area contributed by atoms with Crippen LogP contribution in [0, 0.1) is 0 Å². The Morgan fingerprint density at radius 3 is 1.03 bits per heavy atom. The average Bonchev–Trinajstić information content (AvgIpc) is 2.89. The van der Waals surface area contributed by atoms with Gasteiger partial charge in [-0.05, 0) is 12.8 Å². The van der Waals surface area contributed by atoms with Crippen LogP contribution in [-0.4, -0.2) is 35.1 Å². The molecule has 0 spiro atoms. The van der Waals surface area contributed by atoms with Crippen molar-refractivity contribution in [2.75, 3.05) is 13.2 Å². The molecule has 234 valence electrons. The lowest BCUT2D eigenvalue weighted by atomic mass is 10.1. The van der Waals surface area contributed by atoms with E-state index in [1.54, 1.807) is 0 Å². The minimum Gasteiger partial charge on any atom is -0.395 e. The Morgan fingerprint density at radius 2 is 0.795 bits per heavy atom. The number of phosphoric acid groups is 1. The zero-order valence-corrected chi connectivity index (χ0v) is 26.2. The molecule has 0 aromatic carbocycles. The van der Waals surface area contributed by atoms with Crippen LogP contribution in [0.25, 0.3) is 0 Å². The summed E-state index contributed by atoms with van der Waals surface area (Å²) in [4.78, 5) is 33.3. The van der Waals surface area contributed by atoms with Crippen molar-refractivity contribution in [3.63, 3.8) is 0 Å². The number of hydrogen-bond donors (Lipinski definition) is 3. The number of hydrogen-bond acceptors (Lipinski definition) is 7. The highest BCUT2D eigenvalue weighted by molar-refractivity contribution is 7.48. The topological polar surface area (TPSA) is 136 Å². The minimum absolute atomic E-state index is 0.0672. The first-order valence-corrected chi connectivity index (χ1v) is 17.4. The summed E-state index contributed by atoms with van der Waals surface area (Å²) in [6, 6.07) is 0. The van der Waals surface area contributed by atoms with Crippen molar-refractivity contribution in [3.05, 3.63) is 0 Å². The molecule has 39 heavy (non-hydrogen) atoms. The third-order valence-electron chi connectivity index (χ3n) is 6.53. The van der Waals surface area contributed by atoms with Gasteiger partial charge in [0.05, 0.1) is 6.61 Å². The number of nitrogens with two attached hydrogens (primary N) is 1. The molecule has 0 aliphatic heterocycles. The van der Waals surface area contributed by atoms with Gasteiger partial charge in [-0.2, -0.15) is 0 Å². The number of aliphatic hydroxyl groups is 1. The molecule has 0 fully saturated rings. The van der Waals surface area contributed by atoms with E-state index in [0.29, 0.717) is 19.4 Å². The van der Waals surface area contributed by atoms with Crippen LogP contribution in [0.3, 0.4) is 0 Å². The first kappa shape index (κ1) is 40.2. The molecule has 0 rings (SSSR count). The molecule has 4 N–H and O–H groups in total. The van der Waals surface area contributed by atoms with Crippen molar-refractivity contribution in [2.24, 2.45) is 5.73 Å². The molecule has 0 saturated heterocycles. The standard InChI is InChI=1S/C28H55O6P.C2H7NO/c1-3-5-7-9-11-13-15-17-19-21-23-25-27(29)33-35(31,32)34-28(30)26-24-22-20-18-16-14-12-10-8-6-4-2;3-1-2-4/h3-26H2,1-2H3,(H,31,32);4H,1-3H2. The van der Waals surface area contributed by atoms with Crippen LogP contribution < -0.4 is 5.73 Å². The lowest BCUT2D eigenvalue weighted by Crippen LogP contribution is -2.08. The Labute approximate surface area is 239 Å². The van der Waals surface area contributed by atoms with Crippen LogP contribution in [0.15, 0.2) is 0 Å². The molecule has 0 atom stereocenters. The van der Waals surface area contributed by atoms with Crippen LogP contribution in [0.2, 0.25) is 0 Å². The van der Waals surface area contributed by atoms with Gasteiger partial charge in [-0.25, -0.2) is 4.57 Å². The lowest BCUT2D eigenvalue weighted by Gasteiger charge is -2.11. The van der Waals surface area contributed by atoms with Crippen LogP contribution in [0.4, 0.5) is 0 Å². The van der Waals surface area contributed by atoms with E-state index in [-0.39, 0.29) is 19.4 Å². The summed E-state index contributed by atoms with van der Waals surface area (Å²) < 4.78 is 21.0. The summed E-state index contributed by atoms with van der Waals surface area (Å²) in [5.74, 6) is -1.57. The highest BCUT2D eigenvalue weighted by atomic mass is 31.2. The monoisotopic (exact) mass is 579 g/mol. The predicted molar refractivity (Wildman–Crippen MR) is 160 cm³/mol. The van der Waals surface area contributed by atoms with Crippen molar-refractivity contribution < 1.29 is 33.2 Å². The first-order chi connectivity index (χ1) is 18.8. The summed E-state index contributed by atoms with van der Waals surface area (Å²) in [5.41, 5.74) is 4.78. The molecule has 0 radical (unpaired) electrons. The van der Waals surface area contributed by atoms with Gasteiger partial charge in [0.15, 0.2) is 0 Å². The molecule has 8 nitrogen and oxygen atoms in total. The second-order valence-corrected chi connectivity index (χ2v) is 11.8. The van der Waals surface area contributed by atoms with E-state index in [4.69, 9.17) is 10.8 Å². The van der Waals surface area contributed by atoms with Gasteiger partial charge in [-0.3, -0.25) is 14.5 Å². The highest BCUT2D eigenvalue weighted by Crippen LogP contribution is 2.44. The van der Waals surface area contributed by atoms with E-state index in [1.807, 2.05) is 0 Å². The van der Waals surface area contributed by atoms with Gasteiger partial charge in [0.2, 0.25) is 0 Å². The molecule has 0 aromatic rings. The van der Waals surface area contributed by atoms with Gasteiger partial charge in [0.1, 0.15) is 0 Å². The summed E-state index contributed by atoms with van der Waals surface area (Å²) in [6.45, 7) is 4.92. The summed E-state index contributed by atoms with van der Waals surface area (Å²) in [6.07, 6.45) is 25.6. The normalized spacial score (nSPS) is 11.1. The van der Waals surface area contributed by atoms with E-state index in [0.717, 1.165) is 38.5 Å². The third-order valence-corrected chi connectivity index (χ3v) is 7.40. The maximum atomic E-state index is 11.9. The number of unbranched alkanes of at least 4 members (excludes halogenated alkanes) is 20. The molecule has 9 heteroatoms. The Balaban J connectivity index is 0. The number of carbonyl (C=O) groups excluding carboxylic acids is 2. The second-order valence-electron chi connectivity index (χ2n) is 10.5. The second kappa shape index (κ2) is 31.6. The van der Waals surface area contributed by atoms with E-state index >= 15 is 0 Å². The highest BCUT2D eigenvalue weighted by Gasteiger charge is 2.30. The molecule has 0 unspecified atom stereocenters. The molecule has 0 aliphatic carbocycles. The fourth-order valence-electron chi connectivity index (χ4n) is 4.23. The van der Waals surface area contributed by atoms with E-state index in [1.165, 1.54) is 89.9 Å². The molecular weight excluding hydrogens is 517 g/mol. The maximum absolute atomic E-state index is 11.9. The van der Waals surface area contributed by atoms with Crippen molar-refractivity contribution in [3.8, 4) is 0 Å². The van der Waals surface area contributed by atoms with Crippen molar-refractivity contribution in [1.82, 2.24) is 0 Å². The zero-order chi connectivity index (χ0) is 29.5. The Morgan fingerprint density at radius 1 is 0.564 bits per heavy atom. The SMILES string of the molecule is CCCCCCCCCCCCCC(=O)OP(=O)(O)OC(=O)CCCCCCCCCCCCC.NCCO. The molecule has 0 heterocycles. The fourth-order valence-corrected chi connectivity index (χ4v) is 4.97. The van der Waals surface area contributed by atoms with Gasteiger partial charge in [0, 0.05) is 19.4 Å². The largest absolute Gasteiger partial charge is 0.589 e. The van der Waals surface area contributed by atoms with E-state index in [2.05, 4.69) is 22.9 Å². The molecule has 0 aromatic heterocycles. The van der Waals surface area contributed by atoms with Crippen LogP contribution in [0.1, 0.15) is 168 Å². The molecule has 0 saturated carbocycles. The Hall–Kier alpha value is -0.950. The fraction of sp³-hybridized carbons (Fsp3) is 0.933. The van der Waals surface area contributed by atoms with Gasteiger partial charge in [0.25, 0.3) is 0 Å². The van der Waals surface area contributed by atoms with Crippen molar-refractivity contribution in [1.29, 1.82) is 0 Å². The number of aliphatic hydroxyl groups excluding tert-OH is 1. The molecule has 0 aliphatic rings. The minimum atomic E-state index is -4.67. The van der Waals surface area contributed by atoms with E-state index in [9.17, 15) is 19.0 Å². The summed E-state index contributed by atoms with van der Waals surface area (Å²) in [5, 5.41) is 7.75. The number of carbonyl (C=O) groups is 2. The zero-order valence-electron chi connectivity index (χ0n) is 25.3. The average molecular weight is 580 g/mol. The van der Waals surface area contributed by atoms with E-state index < -0.39 is 19.8 Å². The van der Waals surface area contributed by atoms with Gasteiger partial charge < -0.3 is 19.9 Å². The van der Waals surface area contributed by atoms with Gasteiger partial charge >= 0.3 is 19.8 Å². The van der Waals surface area contributed by atoms with Crippen molar-refractivity contribution >= 4 is 19.8 Å². The Kier molecular flexibility index (Phi) is 32.5. The smallest absolute Gasteiger partial charge is 0.395 e. The predicted octanol–water partition coefficient (Wildman–Crippen LogP) is 8.51. The number of rotatable bonds is 27. The first-order valence-electron chi connectivity index (χ1n) is 15.9. The summed E-state index contributed by atoms with van der Waals surface area (Å²) >= 11 is 0.